The van der Waals surface area contributed by atoms with Gasteiger partial charge in [0, 0.05) is 17.0 Å². The Kier molecular flexibility index (Phi) is 4.54. The molecule has 0 saturated heterocycles. The average molecular weight is 293 g/mol. The van der Waals surface area contributed by atoms with E-state index in [9.17, 15) is 10.1 Å². The van der Waals surface area contributed by atoms with Gasteiger partial charge in [-0.3, -0.25) is 10.1 Å². The number of hydrogen-bond acceptors (Lipinski definition) is 2. The predicted octanol–water partition coefficient (Wildman–Crippen LogP) is 3.96. The first-order valence-electron chi connectivity index (χ1n) is 4.61. The summed E-state index contributed by atoms with van der Waals surface area (Å²) in [7, 11) is 0. The van der Waals surface area contributed by atoms with Gasteiger partial charge >= 0.3 is 0 Å². The van der Waals surface area contributed by atoms with Crippen molar-refractivity contribution in [2.24, 2.45) is 0 Å². The van der Waals surface area contributed by atoms with Gasteiger partial charge in [-0.1, -0.05) is 40.5 Å². The Morgan fingerprint density at radius 2 is 2.27 bits per heavy atom. The number of alkyl halides is 1. The van der Waals surface area contributed by atoms with Crippen LogP contribution in [0, 0.1) is 10.1 Å². The SMILES string of the molecule is CCC(Br)Cc1ccc([N+](=O)[O-])cc1Cl. The molecule has 3 nitrogen and oxygen atoms in total. The third-order valence-electron chi connectivity index (χ3n) is 2.13. The van der Waals surface area contributed by atoms with Gasteiger partial charge < -0.3 is 0 Å². The van der Waals surface area contributed by atoms with Gasteiger partial charge in [0.1, 0.15) is 0 Å². The zero-order valence-corrected chi connectivity index (χ0v) is 10.6. The molecule has 1 aromatic rings. The van der Waals surface area contributed by atoms with Crippen molar-refractivity contribution in [2.75, 3.05) is 0 Å². The predicted molar refractivity (Wildman–Crippen MR) is 64.8 cm³/mol. The van der Waals surface area contributed by atoms with Crippen molar-refractivity contribution in [3.05, 3.63) is 38.9 Å². The highest BCUT2D eigenvalue weighted by atomic mass is 79.9. The third kappa shape index (κ3) is 3.47. The zero-order valence-electron chi connectivity index (χ0n) is 8.24. The highest BCUT2D eigenvalue weighted by Crippen LogP contribution is 2.25. The fourth-order valence-corrected chi connectivity index (χ4v) is 1.80. The first-order chi connectivity index (χ1) is 7.04. The number of halogens is 2. The molecule has 0 saturated carbocycles. The van der Waals surface area contributed by atoms with Gasteiger partial charge in [0.15, 0.2) is 0 Å². The summed E-state index contributed by atoms with van der Waals surface area (Å²) >= 11 is 9.45. The van der Waals surface area contributed by atoms with Crippen LogP contribution < -0.4 is 0 Å². The standard InChI is InChI=1S/C10H11BrClNO2/c1-2-8(11)5-7-3-4-9(13(14)15)6-10(7)12/h3-4,6,8H,2,5H2,1H3. The summed E-state index contributed by atoms with van der Waals surface area (Å²) in [6.07, 6.45) is 1.78. The van der Waals surface area contributed by atoms with E-state index in [0.29, 0.717) is 9.85 Å². The molecular formula is C10H11BrClNO2. The van der Waals surface area contributed by atoms with Crippen molar-refractivity contribution >= 4 is 33.2 Å². The van der Waals surface area contributed by atoms with Crippen molar-refractivity contribution in [2.45, 2.75) is 24.6 Å². The largest absolute Gasteiger partial charge is 0.270 e. The average Bonchev–Trinajstić information content (AvgIpc) is 2.20. The second kappa shape index (κ2) is 5.47. The number of benzene rings is 1. The smallest absolute Gasteiger partial charge is 0.258 e. The van der Waals surface area contributed by atoms with E-state index in [1.807, 2.05) is 0 Å². The molecule has 0 aliphatic rings. The molecule has 0 heterocycles. The van der Waals surface area contributed by atoms with Crippen LogP contribution in [0.25, 0.3) is 0 Å². The zero-order chi connectivity index (χ0) is 11.4. The fraction of sp³-hybridized carbons (Fsp3) is 0.400. The van der Waals surface area contributed by atoms with E-state index in [-0.39, 0.29) is 5.69 Å². The maximum Gasteiger partial charge on any atom is 0.270 e. The second-order valence-electron chi connectivity index (χ2n) is 3.24. The van der Waals surface area contributed by atoms with Crippen molar-refractivity contribution in [1.82, 2.24) is 0 Å². The van der Waals surface area contributed by atoms with Gasteiger partial charge in [0.25, 0.3) is 5.69 Å². The van der Waals surface area contributed by atoms with Gasteiger partial charge in [-0.2, -0.15) is 0 Å². The lowest BCUT2D eigenvalue weighted by molar-refractivity contribution is -0.384. The minimum atomic E-state index is -0.443. The van der Waals surface area contributed by atoms with Gasteiger partial charge in [-0.05, 0) is 18.4 Å². The molecular weight excluding hydrogens is 281 g/mol. The highest BCUT2D eigenvalue weighted by molar-refractivity contribution is 9.09. The molecule has 0 aromatic heterocycles. The molecule has 0 amide bonds. The Labute approximate surface area is 102 Å². The Balaban J connectivity index is 2.88. The molecule has 0 N–H and O–H groups in total. The quantitative estimate of drug-likeness (QED) is 0.479. The minimum absolute atomic E-state index is 0.0337. The van der Waals surface area contributed by atoms with Gasteiger partial charge in [-0.15, -0.1) is 0 Å². The topological polar surface area (TPSA) is 43.1 Å². The minimum Gasteiger partial charge on any atom is -0.258 e. The van der Waals surface area contributed by atoms with Crippen LogP contribution in [0.3, 0.4) is 0 Å². The number of nitro groups is 1. The Morgan fingerprint density at radius 1 is 1.60 bits per heavy atom. The second-order valence-corrected chi connectivity index (χ2v) is 4.94. The van der Waals surface area contributed by atoms with Crippen LogP contribution in [0.5, 0.6) is 0 Å². The van der Waals surface area contributed by atoms with E-state index in [2.05, 4.69) is 22.9 Å². The van der Waals surface area contributed by atoms with Crippen LogP contribution >= 0.6 is 27.5 Å². The van der Waals surface area contributed by atoms with E-state index in [4.69, 9.17) is 11.6 Å². The van der Waals surface area contributed by atoms with Gasteiger partial charge in [0.05, 0.1) is 9.95 Å². The third-order valence-corrected chi connectivity index (χ3v) is 3.45. The van der Waals surface area contributed by atoms with Crippen molar-refractivity contribution in [3.8, 4) is 0 Å². The molecule has 1 rings (SSSR count). The van der Waals surface area contributed by atoms with Crippen LogP contribution in [0.15, 0.2) is 18.2 Å². The summed E-state index contributed by atoms with van der Waals surface area (Å²) < 4.78 is 0. The number of rotatable bonds is 4. The molecule has 0 aliphatic carbocycles. The molecule has 15 heavy (non-hydrogen) atoms. The molecule has 1 aromatic carbocycles. The van der Waals surface area contributed by atoms with E-state index < -0.39 is 4.92 Å². The molecule has 1 atom stereocenters. The molecule has 82 valence electrons. The Morgan fingerprint density at radius 3 is 2.73 bits per heavy atom. The van der Waals surface area contributed by atoms with E-state index in [1.165, 1.54) is 12.1 Å². The van der Waals surface area contributed by atoms with E-state index in [0.717, 1.165) is 18.4 Å². The van der Waals surface area contributed by atoms with E-state index in [1.54, 1.807) is 6.07 Å². The number of non-ortho nitro benzene ring substituents is 1. The summed E-state index contributed by atoms with van der Waals surface area (Å²) in [5.74, 6) is 0. The number of hydrogen-bond donors (Lipinski definition) is 0. The monoisotopic (exact) mass is 291 g/mol. The molecule has 0 radical (unpaired) electrons. The maximum absolute atomic E-state index is 10.5. The van der Waals surface area contributed by atoms with Crippen molar-refractivity contribution < 1.29 is 4.92 Å². The molecule has 0 spiro atoms. The Hall–Kier alpha value is -0.610. The lowest BCUT2D eigenvalue weighted by atomic mass is 10.1. The van der Waals surface area contributed by atoms with Crippen LogP contribution in [-0.4, -0.2) is 9.75 Å². The molecule has 0 fully saturated rings. The number of nitro benzene ring substituents is 1. The van der Waals surface area contributed by atoms with Crippen molar-refractivity contribution in [3.63, 3.8) is 0 Å². The maximum atomic E-state index is 10.5. The molecule has 1 unspecified atom stereocenters. The molecule has 5 heteroatoms. The van der Waals surface area contributed by atoms with Gasteiger partial charge in [0.2, 0.25) is 0 Å². The Bertz CT molecular complexity index is 370. The first-order valence-corrected chi connectivity index (χ1v) is 5.90. The lowest BCUT2D eigenvalue weighted by Crippen LogP contribution is -2.01. The summed E-state index contributed by atoms with van der Waals surface area (Å²) in [4.78, 5) is 10.4. The summed E-state index contributed by atoms with van der Waals surface area (Å²) in [5.41, 5.74) is 0.970. The highest BCUT2D eigenvalue weighted by Gasteiger charge is 2.11. The fourth-order valence-electron chi connectivity index (χ4n) is 1.20. The normalized spacial score (nSPS) is 12.5. The first kappa shape index (κ1) is 12.5. The summed E-state index contributed by atoms with van der Waals surface area (Å²) in [6, 6.07) is 4.59. The lowest BCUT2D eigenvalue weighted by Gasteiger charge is -2.08. The van der Waals surface area contributed by atoms with Crippen LogP contribution in [0.2, 0.25) is 5.02 Å². The van der Waals surface area contributed by atoms with Crippen molar-refractivity contribution in [1.29, 1.82) is 0 Å². The number of nitrogens with zero attached hydrogens (tertiary/aromatic N) is 1. The van der Waals surface area contributed by atoms with Crippen LogP contribution in [0.4, 0.5) is 5.69 Å². The van der Waals surface area contributed by atoms with Gasteiger partial charge in [-0.25, -0.2) is 0 Å². The van der Waals surface area contributed by atoms with E-state index >= 15 is 0 Å². The molecule has 0 bridgehead atoms. The van der Waals surface area contributed by atoms with Crippen LogP contribution in [-0.2, 0) is 6.42 Å². The summed E-state index contributed by atoms with van der Waals surface area (Å²) in [5, 5.41) is 10.9. The van der Waals surface area contributed by atoms with Crippen LogP contribution in [0.1, 0.15) is 18.9 Å². The molecule has 0 aliphatic heterocycles. The summed E-state index contributed by atoms with van der Waals surface area (Å²) in [6.45, 7) is 2.07.